The van der Waals surface area contributed by atoms with Crippen LogP contribution in [-0.2, 0) is 9.53 Å². The Morgan fingerprint density at radius 1 is 1.14 bits per heavy atom. The molecule has 6 nitrogen and oxygen atoms in total. The first-order valence-corrected chi connectivity index (χ1v) is 8.71. The summed E-state index contributed by atoms with van der Waals surface area (Å²) in [6.45, 7) is 7.82. The van der Waals surface area contributed by atoms with Gasteiger partial charge in [0.2, 0.25) is 0 Å². The van der Waals surface area contributed by atoms with Gasteiger partial charge in [-0.05, 0) is 32.1 Å². The van der Waals surface area contributed by atoms with E-state index >= 15 is 0 Å². The Kier molecular flexibility index (Phi) is 5.33. The molecule has 2 aliphatic heterocycles. The van der Waals surface area contributed by atoms with Crippen LogP contribution in [-0.4, -0.2) is 84.9 Å². The van der Waals surface area contributed by atoms with Crippen molar-refractivity contribution >= 4 is 5.91 Å². The molecule has 6 heteroatoms. The molecule has 3 aliphatic rings. The van der Waals surface area contributed by atoms with Crippen LogP contribution in [0.4, 0.5) is 0 Å². The number of hydrogen-bond acceptors (Lipinski definition) is 5. The minimum absolute atomic E-state index is 0.148. The van der Waals surface area contributed by atoms with Gasteiger partial charge < -0.3 is 15.2 Å². The summed E-state index contributed by atoms with van der Waals surface area (Å²) in [6, 6.07) is 0.196. The van der Waals surface area contributed by atoms with Crippen molar-refractivity contribution in [2.45, 2.75) is 43.7 Å². The summed E-state index contributed by atoms with van der Waals surface area (Å²) in [7, 11) is 0. The molecule has 22 heavy (non-hydrogen) atoms. The summed E-state index contributed by atoms with van der Waals surface area (Å²) < 4.78 is 5.36. The van der Waals surface area contributed by atoms with Gasteiger partial charge in [-0.3, -0.25) is 14.6 Å². The lowest BCUT2D eigenvalue weighted by Gasteiger charge is -2.28. The second-order valence-corrected chi connectivity index (χ2v) is 6.95. The fraction of sp³-hybridized carbons (Fsp3) is 0.938. The van der Waals surface area contributed by atoms with E-state index in [1.54, 1.807) is 0 Å². The maximum absolute atomic E-state index is 12.2. The Bertz CT molecular complexity index is 379. The van der Waals surface area contributed by atoms with Crippen molar-refractivity contribution in [1.29, 1.82) is 0 Å². The standard InChI is InChI=1S/C16H29N3O3/c20-15(16(21)4-1-2-5-16)17-14-3-6-19(13-14)8-7-18-9-11-22-12-10-18/h14,21H,1-13H2,(H,17,20). The zero-order valence-electron chi connectivity index (χ0n) is 13.4. The third-order valence-electron chi connectivity index (χ3n) is 5.30. The van der Waals surface area contributed by atoms with Crippen LogP contribution < -0.4 is 5.32 Å². The van der Waals surface area contributed by atoms with Crippen molar-refractivity contribution in [1.82, 2.24) is 15.1 Å². The Balaban J connectivity index is 1.37. The van der Waals surface area contributed by atoms with E-state index in [0.29, 0.717) is 12.8 Å². The van der Waals surface area contributed by atoms with Gasteiger partial charge in [0.15, 0.2) is 0 Å². The topological polar surface area (TPSA) is 65.0 Å². The van der Waals surface area contributed by atoms with Crippen LogP contribution in [0.5, 0.6) is 0 Å². The number of hydrogen-bond donors (Lipinski definition) is 2. The molecule has 3 fully saturated rings. The van der Waals surface area contributed by atoms with E-state index in [1.807, 2.05) is 0 Å². The second-order valence-electron chi connectivity index (χ2n) is 6.95. The number of rotatable bonds is 5. The van der Waals surface area contributed by atoms with Gasteiger partial charge in [-0.25, -0.2) is 0 Å². The van der Waals surface area contributed by atoms with Crippen LogP contribution in [0, 0.1) is 0 Å². The van der Waals surface area contributed by atoms with Gasteiger partial charge in [-0.2, -0.15) is 0 Å². The first-order chi connectivity index (χ1) is 10.7. The molecule has 1 amide bonds. The van der Waals surface area contributed by atoms with Gasteiger partial charge in [-0.15, -0.1) is 0 Å². The van der Waals surface area contributed by atoms with Crippen molar-refractivity contribution in [2.24, 2.45) is 0 Å². The normalized spacial score (nSPS) is 29.8. The molecule has 2 N–H and O–H groups in total. The molecule has 3 rings (SSSR count). The molecule has 1 aliphatic carbocycles. The average molecular weight is 311 g/mol. The van der Waals surface area contributed by atoms with E-state index in [-0.39, 0.29) is 11.9 Å². The molecular weight excluding hydrogens is 282 g/mol. The van der Waals surface area contributed by atoms with Crippen LogP contribution in [0.1, 0.15) is 32.1 Å². The molecule has 0 aromatic heterocycles. The molecule has 2 saturated heterocycles. The van der Waals surface area contributed by atoms with Gasteiger partial charge >= 0.3 is 0 Å². The highest BCUT2D eigenvalue weighted by molar-refractivity contribution is 5.85. The van der Waals surface area contributed by atoms with Crippen LogP contribution in [0.15, 0.2) is 0 Å². The van der Waals surface area contributed by atoms with Crippen LogP contribution in [0.25, 0.3) is 0 Å². The molecule has 126 valence electrons. The summed E-state index contributed by atoms with van der Waals surface area (Å²) in [4.78, 5) is 17.1. The quantitative estimate of drug-likeness (QED) is 0.737. The third-order valence-corrected chi connectivity index (χ3v) is 5.30. The largest absolute Gasteiger partial charge is 0.380 e. The van der Waals surface area contributed by atoms with Gasteiger partial charge in [0.05, 0.1) is 13.2 Å². The maximum Gasteiger partial charge on any atom is 0.252 e. The van der Waals surface area contributed by atoms with Crippen LogP contribution in [0.2, 0.25) is 0 Å². The SMILES string of the molecule is O=C(NC1CCN(CCN2CCOCC2)C1)C1(O)CCCC1. The zero-order chi connectivity index (χ0) is 15.4. The number of aliphatic hydroxyl groups is 1. The monoisotopic (exact) mass is 311 g/mol. The predicted octanol–water partition coefficient (Wildman–Crippen LogP) is -0.186. The van der Waals surface area contributed by atoms with E-state index in [1.165, 1.54) is 0 Å². The number of likely N-dealkylation sites (tertiary alicyclic amines) is 1. The van der Waals surface area contributed by atoms with Gasteiger partial charge in [0, 0.05) is 45.3 Å². The summed E-state index contributed by atoms with van der Waals surface area (Å²) in [5.41, 5.74) is -1.10. The molecule has 1 atom stereocenters. The highest BCUT2D eigenvalue weighted by atomic mass is 16.5. The Morgan fingerprint density at radius 2 is 1.82 bits per heavy atom. The first-order valence-electron chi connectivity index (χ1n) is 8.71. The van der Waals surface area contributed by atoms with E-state index < -0.39 is 5.60 Å². The van der Waals surface area contributed by atoms with Crippen molar-refractivity contribution in [2.75, 3.05) is 52.5 Å². The zero-order valence-corrected chi connectivity index (χ0v) is 13.4. The lowest BCUT2D eigenvalue weighted by molar-refractivity contribution is -0.139. The number of morpholine rings is 1. The lowest BCUT2D eigenvalue weighted by Crippen LogP contribution is -2.49. The summed E-state index contributed by atoms with van der Waals surface area (Å²) in [5, 5.41) is 13.4. The first kappa shape index (κ1) is 16.2. The summed E-state index contributed by atoms with van der Waals surface area (Å²) in [6.07, 6.45) is 4.14. The molecule has 0 bridgehead atoms. The maximum atomic E-state index is 12.2. The average Bonchev–Trinajstić information content (AvgIpc) is 3.16. The molecule has 2 heterocycles. The predicted molar refractivity (Wildman–Crippen MR) is 83.7 cm³/mol. The van der Waals surface area contributed by atoms with E-state index in [4.69, 9.17) is 4.74 Å². The number of carbonyl (C=O) groups is 1. The highest BCUT2D eigenvalue weighted by Gasteiger charge is 2.40. The van der Waals surface area contributed by atoms with Crippen molar-refractivity contribution in [3.63, 3.8) is 0 Å². The van der Waals surface area contributed by atoms with Crippen molar-refractivity contribution < 1.29 is 14.6 Å². The van der Waals surface area contributed by atoms with Crippen LogP contribution in [0.3, 0.4) is 0 Å². The Hall–Kier alpha value is -0.690. The van der Waals surface area contributed by atoms with Crippen LogP contribution >= 0.6 is 0 Å². The molecule has 1 saturated carbocycles. The molecule has 0 radical (unpaired) electrons. The summed E-state index contributed by atoms with van der Waals surface area (Å²) >= 11 is 0. The third kappa shape index (κ3) is 3.98. The van der Waals surface area contributed by atoms with Gasteiger partial charge in [-0.1, -0.05) is 0 Å². The minimum Gasteiger partial charge on any atom is -0.380 e. The van der Waals surface area contributed by atoms with E-state index in [9.17, 15) is 9.90 Å². The highest BCUT2D eigenvalue weighted by Crippen LogP contribution is 2.29. The van der Waals surface area contributed by atoms with Gasteiger partial charge in [0.1, 0.15) is 5.60 Å². The van der Waals surface area contributed by atoms with E-state index in [2.05, 4.69) is 15.1 Å². The smallest absolute Gasteiger partial charge is 0.252 e. The Morgan fingerprint density at radius 3 is 2.55 bits per heavy atom. The van der Waals surface area contributed by atoms with E-state index in [0.717, 1.165) is 71.7 Å². The fourth-order valence-electron chi connectivity index (χ4n) is 3.77. The van der Waals surface area contributed by atoms with Crippen molar-refractivity contribution in [3.05, 3.63) is 0 Å². The molecule has 1 unspecified atom stereocenters. The molecular formula is C16H29N3O3. The summed E-state index contributed by atoms with van der Waals surface area (Å²) in [5.74, 6) is -0.148. The number of nitrogens with one attached hydrogen (secondary N) is 1. The number of carbonyl (C=O) groups excluding carboxylic acids is 1. The number of ether oxygens (including phenoxy) is 1. The molecule has 0 spiro atoms. The lowest BCUT2D eigenvalue weighted by atomic mass is 10.0. The van der Waals surface area contributed by atoms with Gasteiger partial charge in [0.25, 0.3) is 5.91 Å². The molecule has 0 aromatic rings. The minimum atomic E-state index is -1.10. The molecule has 0 aromatic carbocycles. The number of amides is 1. The second kappa shape index (κ2) is 7.25. The van der Waals surface area contributed by atoms with Crippen molar-refractivity contribution in [3.8, 4) is 0 Å². The Labute approximate surface area is 132 Å². The number of nitrogens with zero attached hydrogens (tertiary/aromatic N) is 2. The fourth-order valence-corrected chi connectivity index (χ4v) is 3.77.